The molecule has 0 saturated carbocycles. The lowest BCUT2D eigenvalue weighted by Gasteiger charge is -2.37. The first-order chi connectivity index (χ1) is 11.7. The molecule has 2 aromatic carbocycles. The third kappa shape index (κ3) is 3.12. The van der Waals surface area contributed by atoms with Crippen LogP contribution in [0.1, 0.15) is 28.3 Å². The van der Waals surface area contributed by atoms with E-state index in [2.05, 4.69) is 48.2 Å². The van der Waals surface area contributed by atoms with Gasteiger partial charge in [0.05, 0.1) is 14.2 Å². The van der Waals surface area contributed by atoms with E-state index in [-0.39, 0.29) is 6.04 Å². The smallest absolute Gasteiger partial charge is 0.161 e. The molecule has 4 heteroatoms. The molecule has 24 heavy (non-hydrogen) atoms. The van der Waals surface area contributed by atoms with Crippen molar-refractivity contribution in [2.75, 3.05) is 27.3 Å². The van der Waals surface area contributed by atoms with Gasteiger partial charge in [0, 0.05) is 25.7 Å². The zero-order valence-corrected chi connectivity index (χ0v) is 14.7. The first kappa shape index (κ1) is 16.8. The number of benzene rings is 2. The Morgan fingerprint density at radius 2 is 1.83 bits per heavy atom. The number of hydrogen-bond acceptors (Lipinski definition) is 4. The minimum Gasteiger partial charge on any atom is -0.493 e. The molecule has 0 radical (unpaired) electrons. The Morgan fingerprint density at radius 3 is 2.50 bits per heavy atom. The van der Waals surface area contributed by atoms with Gasteiger partial charge >= 0.3 is 0 Å². The summed E-state index contributed by atoms with van der Waals surface area (Å²) in [6.45, 7) is 4.67. The predicted molar refractivity (Wildman–Crippen MR) is 96.6 cm³/mol. The minimum absolute atomic E-state index is 0.202. The number of nitrogens with two attached hydrogens (primary N) is 1. The molecule has 1 atom stereocenters. The van der Waals surface area contributed by atoms with Gasteiger partial charge in [-0.25, -0.2) is 0 Å². The highest BCUT2D eigenvalue weighted by Gasteiger charge is 2.28. The number of aryl methyl sites for hydroxylation is 1. The molecule has 0 aliphatic carbocycles. The molecule has 0 amide bonds. The molecule has 0 aromatic heterocycles. The lowest BCUT2D eigenvalue weighted by Crippen LogP contribution is -2.39. The maximum absolute atomic E-state index is 6.15. The van der Waals surface area contributed by atoms with Crippen LogP contribution in [0.25, 0.3) is 0 Å². The van der Waals surface area contributed by atoms with Crippen LogP contribution in [-0.4, -0.2) is 32.2 Å². The molecule has 1 aliphatic rings. The Hall–Kier alpha value is -2.04. The first-order valence-electron chi connectivity index (χ1n) is 8.41. The van der Waals surface area contributed by atoms with E-state index in [0.717, 1.165) is 31.0 Å². The summed E-state index contributed by atoms with van der Waals surface area (Å²) in [5, 5.41) is 0. The van der Waals surface area contributed by atoms with Gasteiger partial charge in [0.15, 0.2) is 11.5 Å². The number of ether oxygens (including phenoxy) is 2. The summed E-state index contributed by atoms with van der Waals surface area (Å²) in [6.07, 6.45) is 0.998. The van der Waals surface area contributed by atoms with Crippen molar-refractivity contribution in [1.29, 1.82) is 0 Å². The van der Waals surface area contributed by atoms with Crippen molar-refractivity contribution < 1.29 is 9.47 Å². The molecule has 0 saturated heterocycles. The lowest BCUT2D eigenvalue weighted by atomic mass is 9.91. The van der Waals surface area contributed by atoms with Crippen LogP contribution in [0.2, 0.25) is 0 Å². The van der Waals surface area contributed by atoms with Crippen LogP contribution in [0.5, 0.6) is 11.5 Å². The zero-order valence-electron chi connectivity index (χ0n) is 14.7. The van der Waals surface area contributed by atoms with Crippen molar-refractivity contribution in [1.82, 2.24) is 4.90 Å². The van der Waals surface area contributed by atoms with Crippen molar-refractivity contribution in [3.8, 4) is 11.5 Å². The summed E-state index contributed by atoms with van der Waals surface area (Å²) < 4.78 is 10.9. The third-order valence-corrected chi connectivity index (χ3v) is 4.97. The molecule has 0 unspecified atom stereocenters. The number of nitrogens with zero attached hydrogens (tertiary/aromatic N) is 1. The van der Waals surface area contributed by atoms with Crippen LogP contribution in [-0.2, 0) is 13.0 Å². The molecule has 2 N–H and O–H groups in total. The van der Waals surface area contributed by atoms with E-state index >= 15 is 0 Å². The largest absolute Gasteiger partial charge is 0.493 e. The second-order valence-electron chi connectivity index (χ2n) is 6.30. The third-order valence-electron chi connectivity index (χ3n) is 4.97. The second kappa shape index (κ2) is 7.24. The van der Waals surface area contributed by atoms with E-state index in [0.29, 0.717) is 6.54 Å². The summed E-state index contributed by atoms with van der Waals surface area (Å²) in [5.74, 6) is 1.56. The maximum atomic E-state index is 6.15. The molecule has 128 valence electrons. The Labute approximate surface area is 144 Å². The van der Waals surface area contributed by atoms with Gasteiger partial charge in [0.2, 0.25) is 0 Å². The van der Waals surface area contributed by atoms with Crippen LogP contribution < -0.4 is 15.2 Å². The molecule has 2 aromatic rings. The Morgan fingerprint density at radius 1 is 1.12 bits per heavy atom. The number of hydrogen-bond donors (Lipinski definition) is 1. The molecule has 1 heterocycles. The summed E-state index contributed by atoms with van der Waals surface area (Å²) >= 11 is 0. The van der Waals surface area contributed by atoms with E-state index in [4.69, 9.17) is 15.2 Å². The summed E-state index contributed by atoms with van der Waals surface area (Å²) in [6, 6.07) is 12.9. The monoisotopic (exact) mass is 326 g/mol. The standard InChI is InChI=1S/C20H26N2O2/c1-14-6-4-5-7-16(14)13-22-9-8-15-10-19(23-2)20(24-3)11-17(15)18(22)12-21/h4-7,10-11,18H,8-9,12-13,21H2,1-3H3/t18-/m1/s1. The average molecular weight is 326 g/mol. The maximum Gasteiger partial charge on any atom is 0.161 e. The molecular formula is C20H26N2O2. The van der Waals surface area contributed by atoms with Crippen molar-refractivity contribution in [3.63, 3.8) is 0 Å². The average Bonchev–Trinajstić information content (AvgIpc) is 2.62. The van der Waals surface area contributed by atoms with Gasteiger partial charge < -0.3 is 15.2 Å². The fourth-order valence-electron chi connectivity index (χ4n) is 3.55. The highest BCUT2D eigenvalue weighted by atomic mass is 16.5. The van der Waals surface area contributed by atoms with Gasteiger partial charge in [-0.05, 0) is 47.7 Å². The van der Waals surface area contributed by atoms with E-state index in [1.807, 2.05) is 0 Å². The normalized spacial score (nSPS) is 17.4. The van der Waals surface area contributed by atoms with Crippen molar-refractivity contribution in [2.45, 2.75) is 25.9 Å². The highest BCUT2D eigenvalue weighted by molar-refractivity contribution is 5.49. The van der Waals surface area contributed by atoms with E-state index in [9.17, 15) is 0 Å². The van der Waals surface area contributed by atoms with Gasteiger partial charge in [0.1, 0.15) is 0 Å². The number of fused-ring (bicyclic) bond motifs is 1. The SMILES string of the molecule is COc1cc2c(cc1OC)[C@@H](CN)N(Cc1ccccc1C)CC2. The van der Waals surface area contributed by atoms with E-state index in [1.54, 1.807) is 14.2 Å². The molecule has 0 bridgehead atoms. The van der Waals surface area contributed by atoms with Crippen LogP contribution in [0.4, 0.5) is 0 Å². The zero-order chi connectivity index (χ0) is 17.1. The van der Waals surface area contributed by atoms with Gasteiger partial charge in [-0.3, -0.25) is 4.90 Å². The van der Waals surface area contributed by atoms with Gasteiger partial charge in [0.25, 0.3) is 0 Å². The molecule has 1 aliphatic heterocycles. The molecule has 0 spiro atoms. The molecule has 0 fully saturated rings. The van der Waals surface area contributed by atoms with Crippen LogP contribution >= 0.6 is 0 Å². The first-order valence-corrected chi connectivity index (χ1v) is 8.41. The Bertz CT molecular complexity index is 715. The Kier molecular flexibility index (Phi) is 5.07. The topological polar surface area (TPSA) is 47.7 Å². The van der Waals surface area contributed by atoms with E-state index < -0.39 is 0 Å². The number of methoxy groups -OCH3 is 2. The van der Waals surface area contributed by atoms with Gasteiger partial charge in [-0.1, -0.05) is 24.3 Å². The van der Waals surface area contributed by atoms with Crippen LogP contribution in [0.3, 0.4) is 0 Å². The molecule has 4 nitrogen and oxygen atoms in total. The van der Waals surface area contributed by atoms with Gasteiger partial charge in [-0.15, -0.1) is 0 Å². The number of rotatable bonds is 5. The van der Waals surface area contributed by atoms with E-state index in [1.165, 1.54) is 22.3 Å². The molecule has 3 rings (SSSR count). The van der Waals surface area contributed by atoms with Crippen LogP contribution in [0, 0.1) is 6.92 Å². The van der Waals surface area contributed by atoms with Gasteiger partial charge in [-0.2, -0.15) is 0 Å². The fourth-order valence-corrected chi connectivity index (χ4v) is 3.55. The lowest BCUT2D eigenvalue weighted by molar-refractivity contribution is 0.179. The van der Waals surface area contributed by atoms with Crippen LogP contribution in [0.15, 0.2) is 36.4 Å². The fraction of sp³-hybridized carbons (Fsp3) is 0.400. The summed E-state index contributed by atoms with van der Waals surface area (Å²) in [4.78, 5) is 2.47. The second-order valence-corrected chi connectivity index (χ2v) is 6.30. The summed E-state index contributed by atoms with van der Waals surface area (Å²) in [5.41, 5.74) is 11.4. The summed E-state index contributed by atoms with van der Waals surface area (Å²) in [7, 11) is 3.35. The predicted octanol–water partition coefficient (Wildman–Crippen LogP) is 3.07. The highest BCUT2D eigenvalue weighted by Crippen LogP contribution is 2.38. The minimum atomic E-state index is 0.202. The Balaban J connectivity index is 1.93. The van der Waals surface area contributed by atoms with Crippen molar-refractivity contribution in [3.05, 3.63) is 58.7 Å². The van der Waals surface area contributed by atoms with Crippen molar-refractivity contribution in [2.24, 2.45) is 5.73 Å². The molecular weight excluding hydrogens is 300 g/mol. The van der Waals surface area contributed by atoms with Crippen molar-refractivity contribution >= 4 is 0 Å². The quantitative estimate of drug-likeness (QED) is 0.917.